The molecule has 5 nitrogen and oxygen atoms in total. The Labute approximate surface area is 117 Å². The van der Waals surface area contributed by atoms with E-state index in [-0.39, 0.29) is 5.91 Å². The van der Waals surface area contributed by atoms with Crippen LogP contribution in [-0.4, -0.2) is 29.7 Å². The molecule has 0 spiro atoms. The van der Waals surface area contributed by atoms with Gasteiger partial charge in [-0.2, -0.15) is 10.2 Å². The Hall–Kier alpha value is -2.27. The zero-order valence-electron chi connectivity index (χ0n) is 11.3. The fraction of sp³-hybridized carbons (Fsp3) is 0.267. The number of hydrogen-bond donors (Lipinski definition) is 1. The number of para-hydroxylation sites is 1. The minimum Gasteiger partial charge on any atom is -0.313 e. The maximum atomic E-state index is 12.6. The largest absolute Gasteiger partial charge is 0.313 e. The summed E-state index contributed by atoms with van der Waals surface area (Å²) in [5, 5.41) is 10.8. The average molecular weight is 268 g/mol. The summed E-state index contributed by atoms with van der Waals surface area (Å²) in [6, 6.07) is 10.0. The summed E-state index contributed by atoms with van der Waals surface area (Å²) in [7, 11) is 1.95. The molecular weight excluding hydrogens is 252 g/mol. The quantitative estimate of drug-likeness (QED) is 0.902. The summed E-state index contributed by atoms with van der Waals surface area (Å²) in [5.41, 5.74) is 2.70. The number of benzene rings is 1. The SMILES string of the molecule is CNC1CCN(C(=O)c2ccnnc2)c2ccccc21. The van der Waals surface area contributed by atoms with Crippen LogP contribution in [0.3, 0.4) is 0 Å². The van der Waals surface area contributed by atoms with Crippen LogP contribution in [0.2, 0.25) is 0 Å². The molecule has 102 valence electrons. The van der Waals surface area contributed by atoms with E-state index < -0.39 is 0 Å². The minimum atomic E-state index is -0.0260. The van der Waals surface area contributed by atoms with Crippen LogP contribution in [0.4, 0.5) is 5.69 Å². The number of carbonyl (C=O) groups is 1. The first-order chi connectivity index (χ1) is 9.81. The fourth-order valence-electron chi connectivity index (χ4n) is 2.65. The highest BCUT2D eigenvalue weighted by atomic mass is 16.2. The second-order valence-electron chi connectivity index (χ2n) is 4.78. The molecule has 2 heterocycles. The average Bonchev–Trinajstić information content (AvgIpc) is 2.54. The van der Waals surface area contributed by atoms with Crippen LogP contribution in [0.5, 0.6) is 0 Å². The molecule has 0 bridgehead atoms. The Morgan fingerprint density at radius 2 is 2.15 bits per heavy atom. The van der Waals surface area contributed by atoms with E-state index in [0.29, 0.717) is 18.2 Å². The number of fused-ring (bicyclic) bond motifs is 1. The zero-order valence-corrected chi connectivity index (χ0v) is 11.3. The highest BCUT2D eigenvalue weighted by Crippen LogP contribution is 2.34. The van der Waals surface area contributed by atoms with Gasteiger partial charge in [0, 0.05) is 18.3 Å². The van der Waals surface area contributed by atoms with Crippen LogP contribution in [0.15, 0.2) is 42.7 Å². The summed E-state index contributed by atoms with van der Waals surface area (Å²) >= 11 is 0. The number of amides is 1. The van der Waals surface area contributed by atoms with Crippen LogP contribution in [0.1, 0.15) is 28.4 Å². The molecule has 1 amide bonds. The molecule has 2 aromatic rings. The van der Waals surface area contributed by atoms with E-state index in [9.17, 15) is 4.79 Å². The molecule has 20 heavy (non-hydrogen) atoms. The van der Waals surface area contributed by atoms with Crippen LogP contribution in [0.25, 0.3) is 0 Å². The van der Waals surface area contributed by atoms with Gasteiger partial charge in [0.1, 0.15) is 0 Å². The molecule has 0 fully saturated rings. The van der Waals surface area contributed by atoms with Crippen LogP contribution >= 0.6 is 0 Å². The fourth-order valence-corrected chi connectivity index (χ4v) is 2.65. The van der Waals surface area contributed by atoms with E-state index in [1.807, 2.05) is 30.1 Å². The predicted octanol–water partition coefficient (Wildman–Crippen LogP) is 1.79. The molecule has 0 saturated carbocycles. The van der Waals surface area contributed by atoms with Crippen molar-refractivity contribution in [3.05, 3.63) is 53.9 Å². The Morgan fingerprint density at radius 3 is 2.90 bits per heavy atom. The Bertz CT molecular complexity index is 614. The van der Waals surface area contributed by atoms with Crippen molar-refractivity contribution in [2.45, 2.75) is 12.5 Å². The normalized spacial score (nSPS) is 17.6. The van der Waals surface area contributed by atoms with Gasteiger partial charge in [-0.15, -0.1) is 0 Å². The molecule has 0 aliphatic carbocycles. The predicted molar refractivity (Wildman–Crippen MR) is 76.6 cm³/mol. The maximum absolute atomic E-state index is 12.6. The van der Waals surface area contributed by atoms with Crippen LogP contribution in [-0.2, 0) is 0 Å². The van der Waals surface area contributed by atoms with Gasteiger partial charge in [0.2, 0.25) is 0 Å². The van der Waals surface area contributed by atoms with E-state index in [1.165, 1.54) is 6.20 Å². The summed E-state index contributed by atoms with van der Waals surface area (Å²) in [6.07, 6.45) is 3.95. The topological polar surface area (TPSA) is 58.1 Å². The molecule has 1 aliphatic rings. The molecule has 0 saturated heterocycles. The van der Waals surface area contributed by atoms with Crippen molar-refractivity contribution in [3.63, 3.8) is 0 Å². The number of rotatable bonds is 2. The van der Waals surface area contributed by atoms with Crippen molar-refractivity contribution in [1.29, 1.82) is 0 Å². The summed E-state index contributed by atoms with van der Waals surface area (Å²) in [6.45, 7) is 0.698. The minimum absolute atomic E-state index is 0.0260. The lowest BCUT2D eigenvalue weighted by Crippen LogP contribution is -2.39. The third-order valence-corrected chi connectivity index (χ3v) is 3.67. The van der Waals surface area contributed by atoms with Crippen molar-refractivity contribution in [2.24, 2.45) is 0 Å². The Kier molecular flexibility index (Phi) is 3.43. The third-order valence-electron chi connectivity index (χ3n) is 3.67. The summed E-state index contributed by atoms with van der Waals surface area (Å²) in [5.74, 6) is -0.0260. The number of nitrogens with zero attached hydrogens (tertiary/aromatic N) is 3. The van der Waals surface area contributed by atoms with Gasteiger partial charge >= 0.3 is 0 Å². The second-order valence-corrected chi connectivity index (χ2v) is 4.78. The maximum Gasteiger partial charge on any atom is 0.259 e. The van der Waals surface area contributed by atoms with E-state index in [1.54, 1.807) is 12.3 Å². The van der Waals surface area contributed by atoms with Crippen molar-refractivity contribution < 1.29 is 4.79 Å². The number of carbonyl (C=O) groups excluding carboxylic acids is 1. The highest BCUT2D eigenvalue weighted by Gasteiger charge is 2.28. The first-order valence-corrected chi connectivity index (χ1v) is 6.66. The third kappa shape index (κ3) is 2.16. The molecule has 1 aromatic heterocycles. The molecule has 1 N–H and O–H groups in total. The molecule has 1 aromatic carbocycles. The molecule has 0 radical (unpaired) electrons. The molecule has 1 unspecified atom stereocenters. The second kappa shape index (κ2) is 5.38. The smallest absolute Gasteiger partial charge is 0.259 e. The molecular formula is C15H16N4O. The Balaban J connectivity index is 1.98. The molecule has 5 heteroatoms. The van der Waals surface area contributed by atoms with Gasteiger partial charge in [-0.3, -0.25) is 4.79 Å². The van der Waals surface area contributed by atoms with Gasteiger partial charge in [-0.1, -0.05) is 18.2 Å². The van der Waals surface area contributed by atoms with Gasteiger partial charge < -0.3 is 10.2 Å². The summed E-state index contributed by atoms with van der Waals surface area (Å²) in [4.78, 5) is 14.4. The highest BCUT2D eigenvalue weighted by molar-refractivity contribution is 6.06. The van der Waals surface area contributed by atoms with Crippen molar-refractivity contribution in [2.75, 3.05) is 18.5 Å². The van der Waals surface area contributed by atoms with E-state index in [2.05, 4.69) is 21.6 Å². The number of aromatic nitrogens is 2. The van der Waals surface area contributed by atoms with E-state index >= 15 is 0 Å². The lowest BCUT2D eigenvalue weighted by atomic mass is 9.96. The number of nitrogens with one attached hydrogen (secondary N) is 1. The number of anilines is 1. The first-order valence-electron chi connectivity index (χ1n) is 6.66. The van der Waals surface area contributed by atoms with Crippen molar-refractivity contribution in [3.8, 4) is 0 Å². The van der Waals surface area contributed by atoms with E-state index in [4.69, 9.17) is 0 Å². The van der Waals surface area contributed by atoms with Gasteiger partial charge in [0.25, 0.3) is 5.91 Å². The number of hydrogen-bond acceptors (Lipinski definition) is 4. The monoisotopic (exact) mass is 268 g/mol. The zero-order chi connectivity index (χ0) is 13.9. The van der Waals surface area contributed by atoms with Crippen LogP contribution < -0.4 is 10.2 Å². The Morgan fingerprint density at radius 1 is 1.30 bits per heavy atom. The van der Waals surface area contributed by atoms with Gasteiger partial charge in [0.05, 0.1) is 18.0 Å². The van der Waals surface area contributed by atoms with Gasteiger partial charge in [-0.25, -0.2) is 0 Å². The lowest BCUT2D eigenvalue weighted by Gasteiger charge is -2.34. The van der Waals surface area contributed by atoms with Gasteiger partial charge in [0.15, 0.2) is 0 Å². The van der Waals surface area contributed by atoms with E-state index in [0.717, 1.165) is 17.7 Å². The molecule has 1 aliphatic heterocycles. The lowest BCUT2D eigenvalue weighted by molar-refractivity contribution is 0.0983. The molecule has 3 rings (SSSR count). The van der Waals surface area contributed by atoms with Gasteiger partial charge in [-0.05, 0) is 31.2 Å². The molecule has 1 atom stereocenters. The standard InChI is InChI=1S/C15H16N4O/c1-16-13-7-9-19(14-5-3-2-4-12(13)14)15(20)11-6-8-17-18-10-11/h2-6,8,10,13,16H,7,9H2,1H3. The van der Waals surface area contributed by atoms with Crippen molar-refractivity contribution >= 4 is 11.6 Å². The first kappa shape index (κ1) is 12.7. The van der Waals surface area contributed by atoms with Crippen molar-refractivity contribution in [1.82, 2.24) is 15.5 Å². The van der Waals surface area contributed by atoms with Crippen LogP contribution in [0, 0.1) is 0 Å². The summed E-state index contributed by atoms with van der Waals surface area (Å²) < 4.78 is 0.